The van der Waals surface area contributed by atoms with Crippen molar-refractivity contribution in [2.45, 2.75) is 13.0 Å². The summed E-state index contributed by atoms with van der Waals surface area (Å²) in [7, 11) is 1.61. The molecule has 1 aromatic heterocycles. The van der Waals surface area contributed by atoms with Crippen molar-refractivity contribution in [3.63, 3.8) is 0 Å². The van der Waals surface area contributed by atoms with Crippen molar-refractivity contribution >= 4 is 17.6 Å². The SMILES string of the molecule is CCOC(=O)C1=C(c2ccccc2)Nc2ncnn2[C@@H]1c1ccccc1OC. The first-order chi connectivity index (χ1) is 13.7. The number of anilines is 1. The molecule has 0 saturated carbocycles. The summed E-state index contributed by atoms with van der Waals surface area (Å²) >= 11 is 0. The number of fused-ring (bicyclic) bond motifs is 1. The van der Waals surface area contributed by atoms with E-state index in [1.807, 2.05) is 54.6 Å². The lowest BCUT2D eigenvalue weighted by Gasteiger charge is -2.30. The molecule has 1 N–H and O–H groups in total. The molecule has 142 valence electrons. The van der Waals surface area contributed by atoms with Gasteiger partial charge in [-0.25, -0.2) is 9.48 Å². The molecule has 7 nitrogen and oxygen atoms in total. The van der Waals surface area contributed by atoms with E-state index in [2.05, 4.69) is 15.4 Å². The number of hydrogen-bond acceptors (Lipinski definition) is 6. The maximum Gasteiger partial charge on any atom is 0.338 e. The van der Waals surface area contributed by atoms with Gasteiger partial charge in [-0.3, -0.25) is 0 Å². The first-order valence-electron chi connectivity index (χ1n) is 9.00. The van der Waals surface area contributed by atoms with Crippen LogP contribution >= 0.6 is 0 Å². The maximum absolute atomic E-state index is 13.1. The second-order valence-electron chi connectivity index (χ2n) is 6.17. The fourth-order valence-corrected chi connectivity index (χ4v) is 3.40. The fourth-order valence-electron chi connectivity index (χ4n) is 3.40. The molecule has 2 aromatic carbocycles. The summed E-state index contributed by atoms with van der Waals surface area (Å²) in [6.45, 7) is 2.06. The van der Waals surface area contributed by atoms with Crippen LogP contribution in [0.4, 0.5) is 5.95 Å². The Morgan fingerprint density at radius 2 is 1.89 bits per heavy atom. The van der Waals surface area contributed by atoms with Crippen LogP contribution in [0.15, 0.2) is 66.5 Å². The van der Waals surface area contributed by atoms with E-state index in [1.165, 1.54) is 6.33 Å². The third-order valence-electron chi connectivity index (χ3n) is 4.59. The van der Waals surface area contributed by atoms with Crippen molar-refractivity contribution in [3.8, 4) is 5.75 Å². The number of methoxy groups -OCH3 is 1. The number of nitrogens with one attached hydrogen (secondary N) is 1. The predicted octanol–water partition coefficient (Wildman–Crippen LogP) is 3.28. The van der Waals surface area contributed by atoms with Gasteiger partial charge in [-0.15, -0.1) is 0 Å². The minimum atomic E-state index is -0.538. The highest BCUT2D eigenvalue weighted by Gasteiger charge is 2.37. The van der Waals surface area contributed by atoms with E-state index in [9.17, 15) is 4.79 Å². The van der Waals surface area contributed by atoms with Gasteiger partial charge in [0.1, 0.15) is 18.1 Å². The summed E-state index contributed by atoms with van der Waals surface area (Å²) in [6, 6.07) is 16.7. The zero-order valence-electron chi connectivity index (χ0n) is 15.6. The van der Waals surface area contributed by atoms with Crippen molar-refractivity contribution in [3.05, 3.63) is 77.6 Å². The minimum Gasteiger partial charge on any atom is -0.496 e. The average Bonchev–Trinajstić information content (AvgIpc) is 3.21. The molecule has 0 aliphatic carbocycles. The zero-order chi connectivity index (χ0) is 19.5. The molecule has 4 rings (SSSR count). The molecule has 28 heavy (non-hydrogen) atoms. The lowest BCUT2D eigenvalue weighted by molar-refractivity contribution is -0.138. The number of rotatable bonds is 5. The van der Waals surface area contributed by atoms with Crippen LogP contribution in [-0.2, 0) is 9.53 Å². The molecular weight excluding hydrogens is 356 g/mol. The van der Waals surface area contributed by atoms with Crippen molar-refractivity contribution in [2.75, 3.05) is 19.0 Å². The summed E-state index contributed by atoms with van der Waals surface area (Å²) in [5, 5.41) is 7.60. The van der Waals surface area contributed by atoms with Gasteiger partial charge in [0.15, 0.2) is 0 Å². The zero-order valence-corrected chi connectivity index (χ0v) is 15.6. The predicted molar refractivity (Wildman–Crippen MR) is 105 cm³/mol. The van der Waals surface area contributed by atoms with E-state index in [1.54, 1.807) is 18.7 Å². The average molecular weight is 376 g/mol. The number of aromatic nitrogens is 3. The van der Waals surface area contributed by atoms with E-state index >= 15 is 0 Å². The molecule has 0 fully saturated rings. The van der Waals surface area contributed by atoms with Gasteiger partial charge in [0, 0.05) is 5.56 Å². The molecule has 3 aromatic rings. The molecule has 0 spiro atoms. The first kappa shape index (κ1) is 17.8. The van der Waals surface area contributed by atoms with Gasteiger partial charge in [-0.1, -0.05) is 48.5 Å². The maximum atomic E-state index is 13.1. The first-order valence-corrected chi connectivity index (χ1v) is 9.00. The highest BCUT2D eigenvalue weighted by atomic mass is 16.5. The van der Waals surface area contributed by atoms with E-state index in [0.29, 0.717) is 23.0 Å². The molecule has 0 saturated heterocycles. The number of benzene rings is 2. The van der Waals surface area contributed by atoms with Gasteiger partial charge in [0.05, 0.1) is 25.0 Å². The van der Waals surface area contributed by atoms with Crippen molar-refractivity contribution in [1.29, 1.82) is 0 Å². The van der Waals surface area contributed by atoms with Gasteiger partial charge in [-0.2, -0.15) is 10.1 Å². The Hall–Kier alpha value is -3.61. The van der Waals surface area contributed by atoms with Crippen molar-refractivity contribution in [2.24, 2.45) is 0 Å². The molecule has 0 radical (unpaired) electrons. The van der Waals surface area contributed by atoms with Crippen molar-refractivity contribution in [1.82, 2.24) is 14.8 Å². The normalized spacial score (nSPS) is 15.6. The van der Waals surface area contributed by atoms with Gasteiger partial charge in [0.2, 0.25) is 5.95 Å². The second kappa shape index (κ2) is 7.56. The lowest BCUT2D eigenvalue weighted by atomic mass is 9.92. The van der Waals surface area contributed by atoms with Crippen LogP contribution in [-0.4, -0.2) is 34.5 Å². The van der Waals surface area contributed by atoms with E-state index in [0.717, 1.165) is 11.1 Å². The Balaban J connectivity index is 1.99. The molecule has 7 heteroatoms. The Morgan fingerprint density at radius 1 is 1.14 bits per heavy atom. The summed E-state index contributed by atoms with van der Waals surface area (Å²) in [4.78, 5) is 17.4. The highest BCUT2D eigenvalue weighted by molar-refractivity contribution is 6.02. The lowest BCUT2D eigenvalue weighted by Crippen LogP contribution is -2.30. The van der Waals surface area contributed by atoms with Crippen LogP contribution in [0.1, 0.15) is 24.1 Å². The van der Waals surface area contributed by atoms with Gasteiger partial charge in [-0.05, 0) is 18.6 Å². The molecule has 0 amide bonds. The Labute approximate surface area is 162 Å². The smallest absolute Gasteiger partial charge is 0.338 e. The molecule has 1 aliphatic rings. The molecule has 1 atom stereocenters. The monoisotopic (exact) mass is 376 g/mol. The van der Waals surface area contributed by atoms with Crippen LogP contribution in [0, 0.1) is 0 Å². The van der Waals surface area contributed by atoms with Gasteiger partial charge in [0.25, 0.3) is 0 Å². The Kier molecular flexibility index (Phi) is 4.80. The molecule has 2 heterocycles. The highest BCUT2D eigenvalue weighted by Crippen LogP contribution is 2.41. The third-order valence-corrected chi connectivity index (χ3v) is 4.59. The fraction of sp³-hybridized carbons (Fsp3) is 0.190. The standard InChI is InChI=1S/C21H20N4O3/c1-3-28-20(26)17-18(14-9-5-4-6-10-14)24-21-22-13-23-25(21)19(17)15-11-7-8-12-16(15)27-2/h4-13,19H,3H2,1-2H3,(H,22,23,24)/t19-/m1/s1. The number of ether oxygens (including phenoxy) is 2. The summed E-state index contributed by atoms with van der Waals surface area (Å²) in [6.07, 6.45) is 1.46. The van der Waals surface area contributed by atoms with Gasteiger partial charge < -0.3 is 14.8 Å². The van der Waals surface area contributed by atoms with Crippen LogP contribution in [0.2, 0.25) is 0 Å². The molecule has 1 aliphatic heterocycles. The molecule has 0 bridgehead atoms. The number of hydrogen-bond donors (Lipinski definition) is 1. The third kappa shape index (κ3) is 3.00. The number of esters is 1. The quantitative estimate of drug-likeness (QED) is 0.689. The minimum absolute atomic E-state index is 0.271. The topological polar surface area (TPSA) is 78.3 Å². The summed E-state index contributed by atoms with van der Waals surface area (Å²) in [5.41, 5.74) is 2.76. The number of nitrogens with zero attached hydrogens (tertiary/aromatic N) is 3. The largest absolute Gasteiger partial charge is 0.496 e. The van der Waals surface area contributed by atoms with Crippen LogP contribution in [0.5, 0.6) is 5.75 Å². The van der Waals surface area contributed by atoms with E-state index in [4.69, 9.17) is 9.47 Å². The molecule has 0 unspecified atom stereocenters. The van der Waals surface area contributed by atoms with Gasteiger partial charge >= 0.3 is 5.97 Å². The van der Waals surface area contributed by atoms with Crippen LogP contribution in [0.25, 0.3) is 5.70 Å². The Bertz CT molecular complexity index is 1030. The number of para-hydroxylation sites is 1. The van der Waals surface area contributed by atoms with E-state index in [-0.39, 0.29) is 6.61 Å². The summed E-state index contributed by atoms with van der Waals surface area (Å²) < 4.78 is 12.7. The van der Waals surface area contributed by atoms with Crippen LogP contribution < -0.4 is 10.1 Å². The van der Waals surface area contributed by atoms with Crippen LogP contribution in [0.3, 0.4) is 0 Å². The van der Waals surface area contributed by atoms with E-state index < -0.39 is 12.0 Å². The molecular formula is C21H20N4O3. The number of carbonyl (C=O) groups is 1. The second-order valence-corrected chi connectivity index (χ2v) is 6.17. The summed E-state index contributed by atoms with van der Waals surface area (Å²) in [5.74, 6) is 0.791. The number of carbonyl (C=O) groups excluding carboxylic acids is 1. The Morgan fingerprint density at radius 3 is 2.64 bits per heavy atom. The van der Waals surface area contributed by atoms with Crippen molar-refractivity contribution < 1.29 is 14.3 Å².